The number of hydrogen-bond acceptors (Lipinski definition) is 3. The summed E-state index contributed by atoms with van der Waals surface area (Å²) in [5.41, 5.74) is 1.28. The normalized spacial score (nSPS) is 11.3. The van der Waals surface area contributed by atoms with Crippen molar-refractivity contribution in [3.8, 4) is 0 Å². The molecule has 0 radical (unpaired) electrons. The highest BCUT2D eigenvalue weighted by atomic mass is 15.2. The first-order valence-corrected chi connectivity index (χ1v) is 7.99. The molecule has 0 saturated carbocycles. The Hall–Kier alpha value is -1.61. The Kier molecular flexibility index (Phi) is 5.57. The molecule has 1 aromatic carbocycles. The Balaban J connectivity index is 2.35. The highest BCUT2D eigenvalue weighted by Gasteiger charge is 2.11. The third-order valence-corrected chi connectivity index (χ3v) is 3.79. The van der Waals surface area contributed by atoms with Crippen LogP contribution in [-0.4, -0.2) is 24.6 Å². The molecule has 0 unspecified atom stereocenters. The van der Waals surface area contributed by atoms with Crippen molar-refractivity contribution in [3.63, 3.8) is 0 Å². The van der Waals surface area contributed by atoms with E-state index in [1.807, 2.05) is 6.20 Å². The van der Waals surface area contributed by atoms with E-state index in [2.05, 4.69) is 62.2 Å². The fourth-order valence-corrected chi connectivity index (χ4v) is 2.65. The van der Waals surface area contributed by atoms with Gasteiger partial charge < -0.3 is 10.2 Å². The van der Waals surface area contributed by atoms with Gasteiger partial charge in [-0.15, -0.1) is 0 Å². The van der Waals surface area contributed by atoms with Crippen molar-refractivity contribution < 1.29 is 0 Å². The molecule has 0 spiro atoms. The molecule has 1 N–H and O–H groups in total. The van der Waals surface area contributed by atoms with Gasteiger partial charge in [0.1, 0.15) is 5.82 Å². The molecular formula is C18H27N3. The highest BCUT2D eigenvalue weighted by Crippen LogP contribution is 2.27. The van der Waals surface area contributed by atoms with Crippen LogP contribution in [0.5, 0.6) is 0 Å². The number of hydrogen-bond donors (Lipinski definition) is 1. The van der Waals surface area contributed by atoms with Crippen molar-refractivity contribution in [1.29, 1.82) is 0 Å². The fourth-order valence-electron chi connectivity index (χ4n) is 2.65. The van der Waals surface area contributed by atoms with Gasteiger partial charge in [0.2, 0.25) is 0 Å². The van der Waals surface area contributed by atoms with Gasteiger partial charge in [-0.2, -0.15) is 0 Å². The molecule has 114 valence electrons. The predicted octanol–water partition coefficient (Wildman–Crippen LogP) is 3.83. The largest absolute Gasteiger partial charge is 0.357 e. The van der Waals surface area contributed by atoms with Crippen LogP contribution in [0.4, 0.5) is 5.82 Å². The average molecular weight is 285 g/mol. The fraction of sp³-hybridized carbons (Fsp3) is 0.500. The number of fused-ring (bicyclic) bond motifs is 1. The van der Waals surface area contributed by atoms with Crippen LogP contribution in [0.15, 0.2) is 30.5 Å². The predicted molar refractivity (Wildman–Crippen MR) is 91.8 cm³/mol. The summed E-state index contributed by atoms with van der Waals surface area (Å²) >= 11 is 0. The molecule has 0 aliphatic rings. The summed E-state index contributed by atoms with van der Waals surface area (Å²) < 4.78 is 0. The minimum atomic E-state index is 0.666. The standard InChI is InChI=1S/C18H27N3/c1-5-21(6-2)18-17-10-8-7-9-16(17)15(13-20-18)12-19-11-14(3)4/h7-10,13-14,19H,5-6,11-12H2,1-4H3. The molecular weight excluding hydrogens is 258 g/mol. The van der Waals surface area contributed by atoms with E-state index in [0.29, 0.717) is 5.92 Å². The van der Waals surface area contributed by atoms with Crippen LogP contribution >= 0.6 is 0 Å². The molecule has 0 saturated heterocycles. The monoisotopic (exact) mass is 285 g/mol. The molecule has 0 atom stereocenters. The quantitative estimate of drug-likeness (QED) is 0.838. The van der Waals surface area contributed by atoms with Gasteiger partial charge in [-0.3, -0.25) is 0 Å². The van der Waals surface area contributed by atoms with Gasteiger partial charge in [-0.25, -0.2) is 4.98 Å². The third-order valence-electron chi connectivity index (χ3n) is 3.79. The summed E-state index contributed by atoms with van der Waals surface area (Å²) in [6.07, 6.45) is 2.03. The molecule has 21 heavy (non-hydrogen) atoms. The first kappa shape index (κ1) is 15.8. The lowest BCUT2D eigenvalue weighted by atomic mass is 10.1. The van der Waals surface area contributed by atoms with Crippen LogP contribution < -0.4 is 10.2 Å². The second-order valence-corrected chi connectivity index (χ2v) is 5.85. The minimum absolute atomic E-state index is 0.666. The third kappa shape index (κ3) is 3.73. The highest BCUT2D eigenvalue weighted by molar-refractivity contribution is 5.94. The van der Waals surface area contributed by atoms with Crippen LogP contribution in [0.2, 0.25) is 0 Å². The molecule has 0 fully saturated rings. The number of benzene rings is 1. The van der Waals surface area contributed by atoms with E-state index in [9.17, 15) is 0 Å². The molecule has 0 aliphatic heterocycles. The van der Waals surface area contributed by atoms with Crippen LogP contribution in [0.1, 0.15) is 33.3 Å². The van der Waals surface area contributed by atoms with Gasteiger partial charge in [0.15, 0.2) is 0 Å². The van der Waals surface area contributed by atoms with Crippen molar-refractivity contribution >= 4 is 16.6 Å². The molecule has 2 aromatic rings. The Morgan fingerprint density at radius 2 is 1.76 bits per heavy atom. The summed E-state index contributed by atoms with van der Waals surface area (Å²) in [5.74, 6) is 1.77. The molecule has 0 bridgehead atoms. The molecule has 0 amide bonds. The van der Waals surface area contributed by atoms with E-state index in [1.165, 1.54) is 16.3 Å². The molecule has 1 aromatic heterocycles. The lowest BCUT2D eigenvalue weighted by molar-refractivity contribution is 0.553. The van der Waals surface area contributed by atoms with E-state index in [1.54, 1.807) is 0 Å². The Labute approximate surface area is 128 Å². The molecule has 1 heterocycles. The van der Waals surface area contributed by atoms with Crippen LogP contribution in [-0.2, 0) is 6.54 Å². The molecule has 0 aliphatic carbocycles. The summed E-state index contributed by atoms with van der Waals surface area (Å²) in [5, 5.41) is 6.08. The maximum absolute atomic E-state index is 4.73. The van der Waals surface area contributed by atoms with E-state index in [4.69, 9.17) is 4.98 Å². The number of pyridine rings is 1. The number of nitrogens with one attached hydrogen (secondary N) is 1. The van der Waals surface area contributed by atoms with Crippen LogP contribution in [0.25, 0.3) is 10.8 Å². The zero-order valence-corrected chi connectivity index (χ0v) is 13.7. The lowest BCUT2D eigenvalue weighted by Crippen LogP contribution is -2.24. The first-order chi connectivity index (χ1) is 10.2. The van der Waals surface area contributed by atoms with Crippen LogP contribution in [0.3, 0.4) is 0 Å². The molecule has 3 nitrogen and oxygen atoms in total. The lowest BCUT2D eigenvalue weighted by Gasteiger charge is -2.22. The second kappa shape index (κ2) is 7.41. The van der Waals surface area contributed by atoms with Gasteiger partial charge in [-0.05, 0) is 37.3 Å². The topological polar surface area (TPSA) is 28.2 Å². The van der Waals surface area contributed by atoms with Crippen molar-refractivity contribution in [2.45, 2.75) is 34.2 Å². The molecule has 2 rings (SSSR count). The van der Waals surface area contributed by atoms with E-state index in [0.717, 1.165) is 32.0 Å². The van der Waals surface area contributed by atoms with Gasteiger partial charge in [0.25, 0.3) is 0 Å². The zero-order valence-electron chi connectivity index (χ0n) is 13.7. The van der Waals surface area contributed by atoms with E-state index < -0.39 is 0 Å². The van der Waals surface area contributed by atoms with E-state index in [-0.39, 0.29) is 0 Å². The second-order valence-electron chi connectivity index (χ2n) is 5.85. The zero-order chi connectivity index (χ0) is 15.2. The SMILES string of the molecule is CCN(CC)c1ncc(CNCC(C)C)c2ccccc12. The number of aromatic nitrogens is 1. The Bertz CT molecular complexity index is 574. The molecule has 3 heteroatoms. The van der Waals surface area contributed by atoms with Crippen molar-refractivity contribution in [2.75, 3.05) is 24.5 Å². The van der Waals surface area contributed by atoms with Crippen molar-refractivity contribution in [2.24, 2.45) is 5.92 Å². The number of rotatable bonds is 7. The Morgan fingerprint density at radius 3 is 2.38 bits per heavy atom. The first-order valence-electron chi connectivity index (χ1n) is 7.99. The van der Waals surface area contributed by atoms with Crippen LogP contribution in [0, 0.1) is 5.92 Å². The maximum atomic E-state index is 4.73. The maximum Gasteiger partial charge on any atom is 0.136 e. The van der Waals surface area contributed by atoms with Crippen molar-refractivity contribution in [1.82, 2.24) is 10.3 Å². The number of anilines is 1. The number of nitrogens with zero attached hydrogens (tertiary/aromatic N) is 2. The smallest absolute Gasteiger partial charge is 0.136 e. The van der Waals surface area contributed by atoms with Crippen molar-refractivity contribution in [3.05, 3.63) is 36.0 Å². The summed E-state index contributed by atoms with van der Waals surface area (Å²) in [7, 11) is 0. The van der Waals surface area contributed by atoms with Gasteiger partial charge in [0.05, 0.1) is 0 Å². The Morgan fingerprint density at radius 1 is 1.10 bits per heavy atom. The van der Waals surface area contributed by atoms with Gasteiger partial charge >= 0.3 is 0 Å². The summed E-state index contributed by atoms with van der Waals surface area (Å²) in [6, 6.07) is 8.60. The minimum Gasteiger partial charge on any atom is -0.357 e. The summed E-state index contributed by atoms with van der Waals surface area (Å²) in [4.78, 5) is 7.05. The average Bonchev–Trinajstić information content (AvgIpc) is 2.49. The van der Waals surface area contributed by atoms with Gasteiger partial charge in [0, 0.05) is 31.2 Å². The van der Waals surface area contributed by atoms with Gasteiger partial charge in [-0.1, -0.05) is 38.1 Å². The van der Waals surface area contributed by atoms with E-state index >= 15 is 0 Å². The summed E-state index contributed by atoms with van der Waals surface area (Å²) in [6.45, 7) is 12.7.